The summed E-state index contributed by atoms with van der Waals surface area (Å²) in [6.07, 6.45) is 0. The van der Waals surface area contributed by atoms with Crippen molar-refractivity contribution >= 4 is 32.0 Å². The van der Waals surface area contributed by atoms with Crippen molar-refractivity contribution in [3.05, 3.63) is 57.0 Å². The van der Waals surface area contributed by atoms with Crippen LogP contribution in [0.2, 0.25) is 0 Å². The molecule has 0 saturated carbocycles. The van der Waals surface area contributed by atoms with Crippen LogP contribution in [0.25, 0.3) is 0 Å². The second-order valence-corrected chi connectivity index (χ2v) is 7.37. The van der Waals surface area contributed by atoms with E-state index in [2.05, 4.69) is 10.0 Å². The minimum absolute atomic E-state index is 0.0407. The Bertz CT molecular complexity index is 771. The summed E-state index contributed by atoms with van der Waals surface area (Å²) in [7, 11) is -1.95. The number of benzene rings is 1. The van der Waals surface area contributed by atoms with Crippen molar-refractivity contribution in [1.82, 2.24) is 4.72 Å². The van der Waals surface area contributed by atoms with Gasteiger partial charge in [0.05, 0.1) is 10.7 Å². The molecule has 0 aliphatic rings. The van der Waals surface area contributed by atoms with E-state index in [0.717, 1.165) is 5.56 Å². The molecule has 0 fully saturated rings. The van der Waals surface area contributed by atoms with Gasteiger partial charge < -0.3 is 5.32 Å². The van der Waals surface area contributed by atoms with E-state index < -0.39 is 14.9 Å². The molecular formula is C13H15N3O4S2. The molecule has 1 aromatic heterocycles. The van der Waals surface area contributed by atoms with E-state index in [1.807, 2.05) is 6.07 Å². The van der Waals surface area contributed by atoms with Gasteiger partial charge in [0.15, 0.2) is 5.00 Å². The second kappa shape index (κ2) is 6.86. The summed E-state index contributed by atoms with van der Waals surface area (Å²) in [6, 6.07) is 8.54. The third-order valence-corrected chi connectivity index (χ3v) is 5.15. The van der Waals surface area contributed by atoms with Crippen LogP contribution in [0.4, 0.5) is 10.7 Å². The van der Waals surface area contributed by atoms with Crippen molar-refractivity contribution in [3.63, 3.8) is 0 Å². The zero-order chi connectivity index (χ0) is 16.2. The molecule has 0 bridgehead atoms. The topological polar surface area (TPSA) is 101 Å². The van der Waals surface area contributed by atoms with Gasteiger partial charge in [0.2, 0.25) is 10.0 Å². The molecule has 0 unspecified atom stereocenters. The predicted octanol–water partition coefficient (Wildman–Crippen LogP) is 2.32. The van der Waals surface area contributed by atoms with Crippen LogP contribution in [-0.4, -0.2) is 20.4 Å². The quantitative estimate of drug-likeness (QED) is 0.594. The molecule has 0 spiro atoms. The molecule has 2 rings (SSSR count). The molecule has 1 aromatic carbocycles. The molecule has 9 heteroatoms. The molecule has 2 N–H and O–H groups in total. The average Bonchev–Trinajstić information content (AvgIpc) is 2.94. The molecule has 0 amide bonds. The number of nitrogens with one attached hydrogen (secondary N) is 2. The molecular weight excluding hydrogens is 326 g/mol. The molecule has 0 aliphatic carbocycles. The first-order valence-corrected chi connectivity index (χ1v) is 8.89. The second-order valence-electron chi connectivity index (χ2n) is 4.53. The van der Waals surface area contributed by atoms with Gasteiger partial charge in [-0.3, -0.25) is 10.1 Å². The minimum Gasteiger partial charge on any atom is -0.367 e. The zero-order valence-electron chi connectivity index (χ0n) is 11.8. The lowest BCUT2D eigenvalue weighted by Gasteiger charge is -2.07. The van der Waals surface area contributed by atoms with Gasteiger partial charge in [0, 0.05) is 12.6 Å². The van der Waals surface area contributed by atoms with Gasteiger partial charge in [0.1, 0.15) is 0 Å². The highest BCUT2D eigenvalue weighted by Crippen LogP contribution is 2.30. The van der Waals surface area contributed by atoms with Crippen LogP contribution >= 0.6 is 11.3 Å². The molecule has 0 saturated heterocycles. The molecule has 22 heavy (non-hydrogen) atoms. The lowest BCUT2D eigenvalue weighted by molar-refractivity contribution is -0.383. The summed E-state index contributed by atoms with van der Waals surface area (Å²) in [5, 5.41) is 16.0. The van der Waals surface area contributed by atoms with Crippen LogP contribution in [0, 0.1) is 10.1 Å². The fourth-order valence-corrected chi connectivity index (χ4v) is 3.40. The van der Waals surface area contributed by atoms with Crippen molar-refractivity contribution in [1.29, 1.82) is 0 Å². The summed E-state index contributed by atoms with van der Waals surface area (Å²) >= 11 is 1.26. The fraction of sp³-hybridized carbons (Fsp3) is 0.231. The number of nitrogens with zero attached hydrogens (tertiary/aromatic N) is 1. The van der Waals surface area contributed by atoms with Crippen molar-refractivity contribution < 1.29 is 13.3 Å². The van der Waals surface area contributed by atoms with E-state index in [0.29, 0.717) is 17.1 Å². The van der Waals surface area contributed by atoms with Crippen LogP contribution in [0.5, 0.6) is 0 Å². The lowest BCUT2D eigenvalue weighted by Crippen LogP contribution is -2.20. The van der Waals surface area contributed by atoms with Gasteiger partial charge >= 0.3 is 5.69 Å². The van der Waals surface area contributed by atoms with Crippen molar-refractivity contribution in [2.24, 2.45) is 0 Å². The Labute approximate surface area is 132 Å². The standard InChI is InChI=1S/C13H15N3O4S2/c1-14-22(19,20)9-11-4-2-3-10(7-11)8-15-13-12(16(17)18)5-6-21-13/h2-7,14-15H,8-9H2,1H3. The number of hydrogen-bond acceptors (Lipinski definition) is 6. The third kappa shape index (κ3) is 4.26. The summed E-state index contributed by atoms with van der Waals surface area (Å²) in [6.45, 7) is 0.384. The van der Waals surface area contributed by atoms with Crippen molar-refractivity contribution in [3.8, 4) is 0 Å². The van der Waals surface area contributed by atoms with Crippen LogP contribution < -0.4 is 10.0 Å². The van der Waals surface area contributed by atoms with Gasteiger partial charge in [-0.15, -0.1) is 11.3 Å². The maximum atomic E-state index is 11.5. The Morgan fingerprint density at radius 2 is 2.00 bits per heavy atom. The van der Waals surface area contributed by atoms with Gasteiger partial charge in [-0.1, -0.05) is 24.3 Å². The number of sulfonamides is 1. The molecule has 0 aliphatic heterocycles. The number of thiophene rings is 1. The third-order valence-electron chi connectivity index (χ3n) is 2.95. The summed E-state index contributed by atoms with van der Waals surface area (Å²) in [5.74, 6) is -0.101. The van der Waals surface area contributed by atoms with E-state index in [-0.39, 0.29) is 11.4 Å². The summed E-state index contributed by atoms with van der Waals surface area (Å²) < 4.78 is 25.4. The first-order valence-electron chi connectivity index (χ1n) is 6.36. The predicted molar refractivity (Wildman–Crippen MR) is 86.4 cm³/mol. The van der Waals surface area contributed by atoms with Crippen LogP contribution in [0.1, 0.15) is 11.1 Å². The highest BCUT2D eigenvalue weighted by molar-refractivity contribution is 7.88. The zero-order valence-corrected chi connectivity index (χ0v) is 13.4. The van der Waals surface area contributed by atoms with Crippen LogP contribution in [0.3, 0.4) is 0 Å². The van der Waals surface area contributed by atoms with E-state index in [4.69, 9.17) is 0 Å². The minimum atomic E-state index is -3.32. The van der Waals surface area contributed by atoms with E-state index in [1.165, 1.54) is 24.5 Å². The first-order chi connectivity index (χ1) is 10.4. The Morgan fingerprint density at radius 3 is 2.68 bits per heavy atom. The number of anilines is 1. The van der Waals surface area contributed by atoms with E-state index in [9.17, 15) is 18.5 Å². The average molecular weight is 341 g/mol. The Kier molecular flexibility index (Phi) is 5.11. The van der Waals surface area contributed by atoms with E-state index >= 15 is 0 Å². The van der Waals surface area contributed by atoms with Crippen LogP contribution in [-0.2, 0) is 22.3 Å². The normalized spacial score (nSPS) is 11.3. The number of hydrogen-bond donors (Lipinski definition) is 2. The molecule has 7 nitrogen and oxygen atoms in total. The highest BCUT2D eigenvalue weighted by atomic mass is 32.2. The molecule has 0 atom stereocenters. The van der Waals surface area contributed by atoms with Crippen molar-refractivity contribution in [2.45, 2.75) is 12.3 Å². The number of nitro groups is 1. The van der Waals surface area contributed by atoms with Crippen LogP contribution in [0.15, 0.2) is 35.7 Å². The van der Waals surface area contributed by atoms with Gasteiger partial charge in [-0.2, -0.15) is 0 Å². The molecule has 118 valence electrons. The van der Waals surface area contributed by atoms with Gasteiger partial charge in [-0.05, 0) is 23.6 Å². The maximum Gasteiger partial charge on any atom is 0.303 e. The first kappa shape index (κ1) is 16.4. The monoisotopic (exact) mass is 341 g/mol. The van der Waals surface area contributed by atoms with Gasteiger partial charge in [0.25, 0.3) is 0 Å². The Balaban J connectivity index is 2.08. The largest absolute Gasteiger partial charge is 0.367 e. The number of rotatable bonds is 7. The Morgan fingerprint density at radius 1 is 1.27 bits per heavy atom. The smallest absolute Gasteiger partial charge is 0.303 e. The Hall–Kier alpha value is -1.97. The fourth-order valence-electron chi connectivity index (χ4n) is 1.88. The molecule has 2 aromatic rings. The summed E-state index contributed by atoms with van der Waals surface area (Å²) in [5.41, 5.74) is 1.56. The summed E-state index contributed by atoms with van der Waals surface area (Å²) in [4.78, 5) is 10.4. The molecule has 0 radical (unpaired) electrons. The highest BCUT2D eigenvalue weighted by Gasteiger charge is 2.14. The van der Waals surface area contributed by atoms with E-state index in [1.54, 1.807) is 23.6 Å². The SMILES string of the molecule is CNS(=O)(=O)Cc1cccc(CNc2sccc2[N+](=O)[O-])c1. The van der Waals surface area contributed by atoms with Gasteiger partial charge in [-0.25, -0.2) is 13.1 Å². The maximum absolute atomic E-state index is 11.5. The van der Waals surface area contributed by atoms with Crippen molar-refractivity contribution in [2.75, 3.05) is 12.4 Å². The lowest BCUT2D eigenvalue weighted by atomic mass is 10.1. The molecule has 1 heterocycles.